The van der Waals surface area contributed by atoms with E-state index in [1.54, 1.807) is 20.3 Å². The highest BCUT2D eigenvalue weighted by molar-refractivity contribution is 5.73. The van der Waals surface area contributed by atoms with Gasteiger partial charge >= 0.3 is 6.03 Å². The number of aryl methyl sites for hydroxylation is 1. The number of carbonyl (C=O) groups excluding carboxylic acids is 1. The molecule has 1 heterocycles. The summed E-state index contributed by atoms with van der Waals surface area (Å²) in [6.45, 7) is 4.18. The second-order valence-corrected chi connectivity index (χ2v) is 3.59. The average Bonchev–Trinajstić information content (AvgIpc) is 2.71. The van der Waals surface area contributed by atoms with Crippen molar-refractivity contribution in [3.05, 3.63) is 12.4 Å². The van der Waals surface area contributed by atoms with E-state index in [1.807, 2.05) is 10.8 Å². The largest absolute Gasteiger partial charge is 0.354 e. The van der Waals surface area contributed by atoms with Crippen LogP contribution in [0.4, 0.5) is 10.7 Å². The minimum atomic E-state index is -0.0827. The predicted molar refractivity (Wildman–Crippen MR) is 63.5 cm³/mol. The van der Waals surface area contributed by atoms with Crippen LogP contribution < -0.4 is 10.6 Å². The first-order valence-corrected chi connectivity index (χ1v) is 5.35. The molecule has 0 unspecified atom stereocenters. The van der Waals surface area contributed by atoms with Gasteiger partial charge in [0.25, 0.3) is 0 Å². The summed E-state index contributed by atoms with van der Waals surface area (Å²) in [7, 11) is 3.43. The van der Waals surface area contributed by atoms with Crippen LogP contribution in [0.15, 0.2) is 12.4 Å². The Hall–Kier alpha value is -1.72. The summed E-state index contributed by atoms with van der Waals surface area (Å²) in [5, 5.41) is 5.93. The van der Waals surface area contributed by atoms with Crippen molar-refractivity contribution in [2.24, 2.45) is 0 Å². The maximum Gasteiger partial charge on any atom is 0.316 e. The van der Waals surface area contributed by atoms with Gasteiger partial charge in [-0.05, 0) is 6.92 Å². The second-order valence-electron chi connectivity index (χ2n) is 3.59. The van der Waals surface area contributed by atoms with Crippen LogP contribution in [0.5, 0.6) is 0 Å². The first kappa shape index (κ1) is 12.4. The van der Waals surface area contributed by atoms with Gasteiger partial charge in [0.15, 0.2) is 0 Å². The zero-order valence-corrected chi connectivity index (χ0v) is 10.0. The quantitative estimate of drug-likeness (QED) is 0.721. The molecule has 1 aromatic rings. The molecule has 0 aliphatic rings. The van der Waals surface area contributed by atoms with Gasteiger partial charge in [-0.1, -0.05) is 0 Å². The van der Waals surface area contributed by atoms with E-state index < -0.39 is 0 Å². The summed E-state index contributed by atoms with van der Waals surface area (Å²) in [6, 6.07) is -0.0827. The first-order valence-electron chi connectivity index (χ1n) is 5.35. The highest BCUT2D eigenvalue weighted by atomic mass is 16.2. The van der Waals surface area contributed by atoms with Gasteiger partial charge in [-0.3, -0.25) is 0 Å². The summed E-state index contributed by atoms with van der Waals surface area (Å²) in [5.74, 6) is 0.835. The minimum absolute atomic E-state index is 0.0827. The third-order valence-electron chi connectivity index (χ3n) is 2.15. The van der Waals surface area contributed by atoms with E-state index in [-0.39, 0.29) is 6.03 Å². The third-order valence-corrected chi connectivity index (χ3v) is 2.15. The molecule has 0 saturated heterocycles. The molecule has 1 rings (SSSR count). The topological polar surface area (TPSA) is 62.2 Å². The highest BCUT2D eigenvalue weighted by Crippen LogP contribution is 2.02. The summed E-state index contributed by atoms with van der Waals surface area (Å²) in [4.78, 5) is 16.9. The van der Waals surface area contributed by atoms with Crippen molar-refractivity contribution in [1.82, 2.24) is 19.8 Å². The zero-order chi connectivity index (χ0) is 12.0. The standard InChI is InChI=1S/C10H19N5O/c1-4-15-8-7-12-9(15)11-5-6-13-10(16)14(2)3/h7-8H,4-6H2,1-3H3,(H,11,12)(H,13,16). The Morgan fingerprint density at radius 3 is 2.88 bits per heavy atom. The molecule has 0 bridgehead atoms. The molecule has 0 fully saturated rings. The number of aromatic nitrogens is 2. The number of carbonyl (C=O) groups is 1. The SMILES string of the molecule is CCn1ccnc1NCCNC(=O)N(C)C. The Morgan fingerprint density at radius 2 is 2.25 bits per heavy atom. The average molecular weight is 225 g/mol. The van der Waals surface area contributed by atoms with E-state index in [2.05, 4.69) is 22.5 Å². The van der Waals surface area contributed by atoms with Crippen LogP contribution in [-0.4, -0.2) is 47.7 Å². The van der Waals surface area contributed by atoms with E-state index >= 15 is 0 Å². The molecule has 0 radical (unpaired) electrons. The lowest BCUT2D eigenvalue weighted by Crippen LogP contribution is -2.37. The molecule has 90 valence electrons. The molecule has 6 heteroatoms. The molecule has 2 amide bonds. The number of hydrogen-bond acceptors (Lipinski definition) is 3. The van der Waals surface area contributed by atoms with E-state index in [0.29, 0.717) is 13.1 Å². The molecule has 1 aromatic heterocycles. The number of nitrogens with one attached hydrogen (secondary N) is 2. The summed E-state index contributed by atoms with van der Waals surface area (Å²) in [5.41, 5.74) is 0. The van der Waals surface area contributed by atoms with E-state index in [9.17, 15) is 4.79 Å². The van der Waals surface area contributed by atoms with Crippen molar-refractivity contribution < 1.29 is 4.79 Å². The van der Waals surface area contributed by atoms with E-state index in [4.69, 9.17) is 0 Å². The molecule has 16 heavy (non-hydrogen) atoms. The zero-order valence-electron chi connectivity index (χ0n) is 10.0. The smallest absolute Gasteiger partial charge is 0.316 e. The van der Waals surface area contributed by atoms with Gasteiger partial charge in [-0.15, -0.1) is 0 Å². The van der Waals surface area contributed by atoms with Gasteiger partial charge in [0.1, 0.15) is 0 Å². The van der Waals surface area contributed by atoms with Crippen molar-refractivity contribution in [1.29, 1.82) is 0 Å². The number of urea groups is 1. The normalized spacial score (nSPS) is 9.94. The lowest BCUT2D eigenvalue weighted by Gasteiger charge is -2.12. The Labute approximate surface area is 95.6 Å². The molecular formula is C10H19N5O. The Morgan fingerprint density at radius 1 is 1.50 bits per heavy atom. The third kappa shape index (κ3) is 3.45. The lowest BCUT2D eigenvalue weighted by atomic mass is 10.6. The number of imidazole rings is 1. The number of rotatable bonds is 5. The van der Waals surface area contributed by atoms with Gasteiger partial charge in [0.2, 0.25) is 5.95 Å². The fraction of sp³-hybridized carbons (Fsp3) is 0.600. The molecule has 0 atom stereocenters. The molecule has 0 aliphatic heterocycles. The second kappa shape index (κ2) is 5.99. The number of hydrogen-bond donors (Lipinski definition) is 2. The minimum Gasteiger partial charge on any atom is -0.354 e. The first-order chi connectivity index (χ1) is 7.65. The summed E-state index contributed by atoms with van der Waals surface area (Å²) < 4.78 is 2.01. The van der Waals surface area contributed by atoms with Crippen LogP contribution in [0.25, 0.3) is 0 Å². The van der Waals surface area contributed by atoms with E-state index in [0.717, 1.165) is 12.5 Å². The molecule has 6 nitrogen and oxygen atoms in total. The van der Waals surface area contributed by atoms with Crippen molar-refractivity contribution in [2.75, 3.05) is 32.5 Å². The fourth-order valence-electron chi connectivity index (χ4n) is 1.23. The maximum atomic E-state index is 11.2. The molecule has 0 spiro atoms. The van der Waals surface area contributed by atoms with Gasteiger partial charge in [0.05, 0.1) is 0 Å². The van der Waals surface area contributed by atoms with Crippen LogP contribution in [0, 0.1) is 0 Å². The van der Waals surface area contributed by atoms with E-state index in [1.165, 1.54) is 4.90 Å². The lowest BCUT2D eigenvalue weighted by molar-refractivity contribution is 0.218. The number of amides is 2. The molecule has 2 N–H and O–H groups in total. The van der Waals surface area contributed by atoms with Crippen molar-refractivity contribution in [3.8, 4) is 0 Å². The summed E-state index contributed by atoms with van der Waals surface area (Å²) in [6.07, 6.45) is 3.67. The predicted octanol–water partition coefficient (Wildman–Crippen LogP) is 0.586. The van der Waals surface area contributed by atoms with Gasteiger partial charge in [0, 0.05) is 46.1 Å². The molecular weight excluding hydrogens is 206 g/mol. The Bertz CT molecular complexity index is 334. The van der Waals surface area contributed by atoms with Gasteiger partial charge in [-0.25, -0.2) is 9.78 Å². The van der Waals surface area contributed by atoms with Crippen LogP contribution >= 0.6 is 0 Å². The van der Waals surface area contributed by atoms with Crippen molar-refractivity contribution in [2.45, 2.75) is 13.5 Å². The number of anilines is 1. The fourth-order valence-corrected chi connectivity index (χ4v) is 1.23. The Balaban J connectivity index is 2.23. The number of nitrogens with zero attached hydrogens (tertiary/aromatic N) is 3. The Kier molecular flexibility index (Phi) is 4.63. The van der Waals surface area contributed by atoms with Crippen molar-refractivity contribution >= 4 is 12.0 Å². The van der Waals surface area contributed by atoms with Crippen LogP contribution in [0.1, 0.15) is 6.92 Å². The molecule has 0 saturated carbocycles. The van der Waals surface area contributed by atoms with Crippen LogP contribution in [0.2, 0.25) is 0 Å². The monoisotopic (exact) mass is 225 g/mol. The maximum absolute atomic E-state index is 11.2. The van der Waals surface area contributed by atoms with Crippen molar-refractivity contribution in [3.63, 3.8) is 0 Å². The molecule has 0 aromatic carbocycles. The molecule has 0 aliphatic carbocycles. The van der Waals surface area contributed by atoms with Crippen LogP contribution in [-0.2, 0) is 6.54 Å². The van der Waals surface area contributed by atoms with Gasteiger partial charge < -0.3 is 20.1 Å². The van der Waals surface area contributed by atoms with Gasteiger partial charge in [-0.2, -0.15) is 0 Å². The van der Waals surface area contributed by atoms with Crippen LogP contribution in [0.3, 0.4) is 0 Å². The summed E-state index contributed by atoms with van der Waals surface area (Å²) >= 11 is 0. The highest BCUT2D eigenvalue weighted by Gasteiger charge is 2.02.